The van der Waals surface area contributed by atoms with Crippen molar-refractivity contribution < 1.29 is 5.11 Å². The first-order valence-corrected chi connectivity index (χ1v) is 4.60. The number of hydrogen-bond donors (Lipinski definition) is 1. The van der Waals surface area contributed by atoms with Crippen molar-refractivity contribution in [2.45, 2.75) is 23.7 Å². The molecular formula is C8H11Cl3O. The minimum atomic E-state index is -1.67. The van der Waals surface area contributed by atoms with Crippen molar-refractivity contribution in [3.05, 3.63) is 23.8 Å². The Hall–Kier alpha value is 0.310. The molecule has 1 nitrogen and oxygen atoms in total. The average molecular weight is 230 g/mol. The molecule has 0 fully saturated rings. The van der Waals surface area contributed by atoms with Crippen LogP contribution in [0.5, 0.6) is 0 Å². The van der Waals surface area contributed by atoms with Gasteiger partial charge in [0.25, 0.3) is 0 Å². The first-order chi connectivity index (χ1) is 5.43. The van der Waals surface area contributed by atoms with Gasteiger partial charge in [-0.1, -0.05) is 53.0 Å². The molecular weight excluding hydrogens is 218 g/mol. The van der Waals surface area contributed by atoms with Crippen LogP contribution in [0.3, 0.4) is 0 Å². The summed E-state index contributed by atoms with van der Waals surface area (Å²) in [5.74, 6) is 0. The third-order valence-corrected chi connectivity index (χ3v) is 1.94. The van der Waals surface area contributed by atoms with Crippen molar-refractivity contribution >= 4 is 34.8 Å². The smallest absolute Gasteiger partial charge is 0.220 e. The van der Waals surface area contributed by atoms with Crippen molar-refractivity contribution in [1.82, 2.24) is 0 Å². The van der Waals surface area contributed by atoms with Crippen LogP contribution < -0.4 is 0 Å². The summed E-state index contributed by atoms with van der Waals surface area (Å²) in [6.45, 7) is 3.60. The fraction of sp³-hybridized carbons (Fsp3) is 0.500. The van der Waals surface area contributed by atoms with Gasteiger partial charge < -0.3 is 5.11 Å². The molecule has 0 amide bonds. The number of rotatable bonds is 2. The van der Waals surface area contributed by atoms with Gasteiger partial charge in [-0.2, -0.15) is 0 Å². The third kappa shape index (κ3) is 3.81. The molecule has 0 aromatic rings. The Bertz CT molecular complexity index is 191. The normalized spacial score (nSPS) is 17.0. The summed E-state index contributed by atoms with van der Waals surface area (Å²) in [5, 5.41) is 9.46. The van der Waals surface area contributed by atoms with E-state index in [0.29, 0.717) is 5.57 Å². The fourth-order valence-corrected chi connectivity index (χ4v) is 1.10. The molecule has 0 saturated heterocycles. The van der Waals surface area contributed by atoms with Gasteiger partial charge in [0.15, 0.2) is 0 Å². The second-order valence-electron chi connectivity index (χ2n) is 2.23. The molecule has 0 saturated carbocycles. The summed E-state index contributed by atoms with van der Waals surface area (Å²) < 4.78 is -1.67. The second kappa shape index (κ2) is 5.13. The minimum absolute atomic E-state index is 0.595. The maximum atomic E-state index is 9.46. The number of halogens is 3. The van der Waals surface area contributed by atoms with Crippen LogP contribution in [0.15, 0.2) is 23.8 Å². The summed E-state index contributed by atoms with van der Waals surface area (Å²) in [4.78, 5) is 0. The number of alkyl halides is 3. The Morgan fingerprint density at radius 1 is 1.33 bits per heavy atom. The lowest BCUT2D eigenvalue weighted by molar-refractivity contribution is 0.219. The number of aliphatic hydroxyl groups excluding tert-OH is 1. The van der Waals surface area contributed by atoms with Crippen LogP contribution >= 0.6 is 34.8 Å². The van der Waals surface area contributed by atoms with Crippen LogP contribution in [-0.4, -0.2) is 15.0 Å². The number of allylic oxidation sites excluding steroid dienone is 2. The van der Waals surface area contributed by atoms with Crippen molar-refractivity contribution in [1.29, 1.82) is 0 Å². The first-order valence-electron chi connectivity index (χ1n) is 3.47. The van der Waals surface area contributed by atoms with Crippen LogP contribution in [-0.2, 0) is 0 Å². The second-order valence-corrected chi connectivity index (χ2v) is 4.60. The lowest BCUT2D eigenvalue weighted by Crippen LogP contribution is -2.26. The van der Waals surface area contributed by atoms with E-state index in [9.17, 15) is 5.11 Å². The minimum Gasteiger partial charge on any atom is -0.384 e. The highest BCUT2D eigenvalue weighted by Crippen LogP contribution is 2.34. The average Bonchev–Trinajstić information content (AvgIpc) is 1.97. The standard InChI is InChI=1S/C8H11Cl3O/c1-3-5-6(4-2)7(12)8(9,10)11/h3-5,7,12H,1-2H3/b5-3-,6-4+. The van der Waals surface area contributed by atoms with Gasteiger partial charge in [0.2, 0.25) is 3.79 Å². The molecule has 70 valence electrons. The van der Waals surface area contributed by atoms with Crippen molar-refractivity contribution in [3.63, 3.8) is 0 Å². The van der Waals surface area contributed by atoms with Crippen LogP contribution in [0.25, 0.3) is 0 Å². The number of hydrogen-bond acceptors (Lipinski definition) is 1. The zero-order valence-corrected chi connectivity index (χ0v) is 9.16. The van der Waals surface area contributed by atoms with Crippen LogP contribution in [0.4, 0.5) is 0 Å². The lowest BCUT2D eigenvalue weighted by atomic mass is 10.1. The quantitative estimate of drug-likeness (QED) is 0.569. The van der Waals surface area contributed by atoms with Gasteiger partial charge in [0.05, 0.1) is 0 Å². The predicted molar refractivity (Wildman–Crippen MR) is 54.9 cm³/mol. The Morgan fingerprint density at radius 3 is 2.08 bits per heavy atom. The van der Waals surface area contributed by atoms with Crippen molar-refractivity contribution in [2.75, 3.05) is 0 Å². The van der Waals surface area contributed by atoms with Gasteiger partial charge in [-0.05, 0) is 19.4 Å². The third-order valence-electron chi connectivity index (χ3n) is 1.32. The molecule has 0 aromatic carbocycles. The highest BCUT2D eigenvalue weighted by Gasteiger charge is 2.32. The van der Waals surface area contributed by atoms with Crippen molar-refractivity contribution in [3.8, 4) is 0 Å². The molecule has 0 aliphatic heterocycles. The van der Waals surface area contributed by atoms with E-state index in [0.717, 1.165) is 0 Å². The molecule has 0 spiro atoms. The number of aliphatic hydroxyl groups is 1. The van der Waals surface area contributed by atoms with E-state index >= 15 is 0 Å². The molecule has 4 heteroatoms. The maximum absolute atomic E-state index is 9.46. The summed E-state index contributed by atoms with van der Waals surface area (Å²) in [6, 6.07) is 0. The molecule has 0 heterocycles. The maximum Gasteiger partial charge on any atom is 0.220 e. The molecule has 0 aliphatic carbocycles. The molecule has 1 atom stereocenters. The zero-order chi connectivity index (χ0) is 9.78. The monoisotopic (exact) mass is 228 g/mol. The SMILES string of the molecule is C/C=C\C(=C/C)C(O)C(Cl)(Cl)Cl. The Labute approximate surface area is 87.6 Å². The van der Waals surface area contributed by atoms with E-state index in [1.807, 2.05) is 6.92 Å². The van der Waals surface area contributed by atoms with Gasteiger partial charge >= 0.3 is 0 Å². The molecule has 0 radical (unpaired) electrons. The molecule has 12 heavy (non-hydrogen) atoms. The largest absolute Gasteiger partial charge is 0.384 e. The lowest BCUT2D eigenvalue weighted by Gasteiger charge is -2.19. The van der Waals surface area contributed by atoms with E-state index in [2.05, 4.69) is 0 Å². The van der Waals surface area contributed by atoms with E-state index < -0.39 is 9.90 Å². The summed E-state index contributed by atoms with van der Waals surface area (Å²) in [6.07, 6.45) is 4.09. The summed E-state index contributed by atoms with van der Waals surface area (Å²) in [5.41, 5.74) is 0.595. The molecule has 1 N–H and O–H groups in total. The van der Waals surface area contributed by atoms with Gasteiger partial charge in [-0.3, -0.25) is 0 Å². The molecule has 1 unspecified atom stereocenters. The topological polar surface area (TPSA) is 20.2 Å². The van der Waals surface area contributed by atoms with Gasteiger partial charge in [0.1, 0.15) is 6.10 Å². The van der Waals surface area contributed by atoms with E-state index in [4.69, 9.17) is 34.8 Å². The molecule has 0 bridgehead atoms. The summed E-state index contributed by atoms with van der Waals surface area (Å²) in [7, 11) is 0. The molecule has 0 rings (SSSR count). The van der Waals surface area contributed by atoms with Crippen LogP contribution in [0.2, 0.25) is 0 Å². The van der Waals surface area contributed by atoms with E-state index in [1.165, 1.54) is 0 Å². The highest BCUT2D eigenvalue weighted by molar-refractivity contribution is 6.68. The molecule has 0 aromatic heterocycles. The zero-order valence-electron chi connectivity index (χ0n) is 6.89. The van der Waals surface area contributed by atoms with Gasteiger partial charge in [-0.25, -0.2) is 0 Å². The van der Waals surface area contributed by atoms with E-state index in [1.54, 1.807) is 25.2 Å². The van der Waals surface area contributed by atoms with Gasteiger partial charge in [0, 0.05) is 0 Å². The fourth-order valence-electron chi connectivity index (χ4n) is 0.727. The Kier molecular flexibility index (Phi) is 5.26. The van der Waals surface area contributed by atoms with Crippen LogP contribution in [0, 0.1) is 0 Å². The molecule has 0 aliphatic rings. The van der Waals surface area contributed by atoms with Gasteiger partial charge in [-0.15, -0.1) is 0 Å². The summed E-state index contributed by atoms with van der Waals surface area (Å²) >= 11 is 16.5. The predicted octanol–water partition coefficient (Wildman–Crippen LogP) is 3.24. The first kappa shape index (κ1) is 12.3. The highest BCUT2D eigenvalue weighted by atomic mass is 35.6. The van der Waals surface area contributed by atoms with Crippen molar-refractivity contribution in [2.24, 2.45) is 0 Å². The van der Waals surface area contributed by atoms with Crippen LogP contribution in [0.1, 0.15) is 13.8 Å². The Balaban J connectivity index is 4.55. The Morgan fingerprint density at radius 2 is 1.83 bits per heavy atom. The van der Waals surface area contributed by atoms with E-state index in [-0.39, 0.29) is 0 Å².